The molecule has 2 unspecified atom stereocenters. The van der Waals surface area contributed by atoms with E-state index >= 15 is 0 Å². The zero-order valence-corrected chi connectivity index (χ0v) is 16.7. The van der Waals surface area contributed by atoms with E-state index in [1.54, 1.807) is 0 Å². The van der Waals surface area contributed by atoms with Gasteiger partial charge in [0.2, 0.25) is 11.8 Å². The lowest BCUT2D eigenvalue weighted by atomic mass is 10.0. The van der Waals surface area contributed by atoms with Crippen LogP contribution in [0.15, 0.2) is 42.5 Å². The van der Waals surface area contributed by atoms with Crippen LogP contribution in [-0.4, -0.2) is 31.4 Å². The van der Waals surface area contributed by atoms with E-state index in [-0.39, 0.29) is 25.1 Å². The van der Waals surface area contributed by atoms with Crippen molar-refractivity contribution in [2.24, 2.45) is 5.92 Å². The van der Waals surface area contributed by atoms with Crippen LogP contribution >= 0.6 is 0 Å². The lowest BCUT2D eigenvalue weighted by Crippen LogP contribution is -2.36. The molecule has 8 heteroatoms. The minimum absolute atomic E-state index is 0.00754. The Morgan fingerprint density at radius 2 is 1.80 bits per heavy atom. The van der Waals surface area contributed by atoms with Crippen LogP contribution in [0.2, 0.25) is 0 Å². The lowest BCUT2D eigenvalue weighted by Gasteiger charge is -2.21. The minimum Gasteiger partial charge on any atom is -0.469 e. The van der Waals surface area contributed by atoms with E-state index in [9.17, 15) is 23.2 Å². The summed E-state index contributed by atoms with van der Waals surface area (Å²) in [4.78, 5) is 38.2. The molecule has 2 aromatic rings. The molecule has 3 rings (SSSR count). The van der Waals surface area contributed by atoms with Gasteiger partial charge in [-0.2, -0.15) is 0 Å². The fourth-order valence-corrected chi connectivity index (χ4v) is 3.42. The zero-order valence-electron chi connectivity index (χ0n) is 16.7. The second kappa shape index (κ2) is 9.02. The Morgan fingerprint density at radius 1 is 1.17 bits per heavy atom. The Bertz CT molecular complexity index is 942. The van der Waals surface area contributed by atoms with E-state index in [1.807, 2.05) is 31.2 Å². The fourth-order valence-electron chi connectivity index (χ4n) is 3.42. The smallest absolute Gasteiger partial charge is 0.307 e. The van der Waals surface area contributed by atoms with Gasteiger partial charge in [0.15, 0.2) is 0 Å². The van der Waals surface area contributed by atoms with Crippen LogP contribution in [-0.2, 0) is 19.1 Å². The number of ether oxygens (including phenoxy) is 1. The van der Waals surface area contributed by atoms with E-state index in [0.29, 0.717) is 6.07 Å². The average Bonchev–Trinajstić information content (AvgIpc) is 3.09. The number of amides is 2. The van der Waals surface area contributed by atoms with Crippen LogP contribution in [0.4, 0.5) is 14.5 Å². The minimum atomic E-state index is -0.803. The van der Waals surface area contributed by atoms with E-state index in [4.69, 9.17) is 4.74 Å². The summed E-state index contributed by atoms with van der Waals surface area (Å²) in [5.74, 6) is -3.63. The van der Waals surface area contributed by atoms with Crippen molar-refractivity contribution < 1.29 is 27.9 Å². The molecule has 6 nitrogen and oxygen atoms in total. The fraction of sp³-hybridized carbons (Fsp3) is 0.318. The van der Waals surface area contributed by atoms with Crippen molar-refractivity contribution in [3.8, 4) is 0 Å². The van der Waals surface area contributed by atoms with Crippen molar-refractivity contribution in [3.05, 3.63) is 65.2 Å². The molecule has 0 aromatic heterocycles. The lowest BCUT2D eigenvalue weighted by molar-refractivity contribution is -0.141. The Balaban J connectivity index is 1.74. The molecule has 0 bridgehead atoms. The second-order valence-corrected chi connectivity index (χ2v) is 7.29. The summed E-state index contributed by atoms with van der Waals surface area (Å²) >= 11 is 0. The van der Waals surface area contributed by atoms with Crippen LogP contribution in [0.3, 0.4) is 0 Å². The first-order valence-corrected chi connectivity index (χ1v) is 9.47. The number of nitrogens with zero attached hydrogens (tertiary/aromatic N) is 1. The quantitative estimate of drug-likeness (QED) is 0.735. The SMILES string of the molecule is COC(=O)CC(NC(=O)C1CC(=O)N(c2cc(F)cc(F)c2)C1)c1ccc(C)cc1. The third-order valence-electron chi connectivity index (χ3n) is 5.05. The van der Waals surface area contributed by atoms with Gasteiger partial charge in [0.25, 0.3) is 0 Å². The standard InChI is InChI=1S/C22H22F2N2O4/c1-13-3-5-14(6-4-13)19(11-21(28)30-2)25-22(29)15-7-20(27)26(12-15)18-9-16(23)8-17(24)10-18/h3-6,8-10,15,19H,7,11-12H2,1-2H3,(H,25,29). The number of carbonyl (C=O) groups excluding carboxylic acids is 3. The van der Waals surface area contributed by atoms with Gasteiger partial charge >= 0.3 is 5.97 Å². The molecule has 1 saturated heterocycles. The first kappa shape index (κ1) is 21.4. The van der Waals surface area contributed by atoms with Crippen LogP contribution in [0, 0.1) is 24.5 Å². The number of rotatable bonds is 6. The molecule has 0 spiro atoms. The number of hydrogen-bond acceptors (Lipinski definition) is 4. The van der Waals surface area contributed by atoms with Crippen molar-refractivity contribution in [1.82, 2.24) is 5.32 Å². The van der Waals surface area contributed by atoms with Gasteiger partial charge in [0.1, 0.15) is 11.6 Å². The first-order chi connectivity index (χ1) is 14.3. The Kier molecular flexibility index (Phi) is 6.44. The maximum atomic E-state index is 13.5. The number of carbonyl (C=O) groups is 3. The predicted octanol–water partition coefficient (Wildman–Crippen LogP) is 3.05. The molecule has 1 aliphatic heterocycles. The number of halogens is 2. The van der Waals surface area contributed by atoms with Crippen LogP contribution in [0.1, 0.15) is 30.0 Å². The highest BCUT2D eigenvalue weighted by atomic mass is 19.1. The summed E-state index contributed by atoms with van der Waals surface area (Å²) in [5.41, 5.74) is 1.83. The number of methoxy groups -OCH3 is 1. The number of hydrogen-bond donors (Lipinski definition) is 1. The van der Waals surface area contributed by atoms with E-state index in [2.05, 4.69) is 5.32 Å². The van der Waals surface area contributed by atoms with Gasteiger partial charge in [0, 0.05) is 24.7 Å². The van der Waals surface area contributed by atoms with E-state index in [1.165, 1.54) is 12.0 Å². The van der Waals surface area contributed by atoms with Gasteiger partial charge in [-0.25, -0.2) is 8.78 Å². The summed E-state index contributed by atoms with van der Waals surface area (Å²) in [6, 6.07) is 9.54. The zero-order chi connectivity index (χ0) is 21.8. The predicted molar refractivity (Wildman–Crippen MR) is 106 cm³/mol. The van der Waals surface area contributed by atoms with Crippen LogP contribution in [0.5, 0.6) is 0 Å². The maximum Gasteiger partial charge on any atom is 0.307 e. The van der Waals surface area contributed by atoms with Crippen LogP contribution in [0.25, 0.3) is 0 Å². The molecule has 1 heterocycles. The normalized spacial score (nSPS) is 17.0. The topological polar surface area (TPSA) is 75.7 Å². The third kappa shape index (κ3) is 5.00. The molecule has 1 aliphatic rings. The van der Waals surface area contributed by atoms with Crippen molar-refractivity contribution in [2.75, 3.05) is 18.6 Å². The van der Waals surface area contributed by atoms with Crippen molar-refractivity contribution >= 4 is 23.5 Å². The molecule has 158 valence electrons. The molecule has 1 fully saturated rings. The summed E-state index contributed by atoms with van der Waals surface area (Å²) in [5, 5.41) is 2.81. The van der Waals surface area contributed by atoms with Crippen molar-refractivity contribution in [2.45, 2.75) is 25.8 Å². The summed E-state index contributed by atoms with van der Waals surface area (Å²) in [6.07, 6.45) is -0.159. The monoisotopic (exact) mass is 416 g/mol. The maximum absolute atomic E-state index is 13.5. The summed E-state index contributed by atoms with van der Waals surface area (Å²) < 4.78 is 31.7. The molecule has 30 heavy (non-hydrogen) atoms. The van der Waals surface area contributed by atoms with Gasteiger partial charge in [0.05, 0.1) is 25.5 Å². The molecule has 2 amide bonds. The molecule has 1 N–H and O–H groups in total. The van der Waals surface area contributed by atoms with E-state index < -0.39 is 41.4 Å². The van der Waals surface area contributed by atoms with Gasteiger partial charge in [-0.15, -0.1) is 0 Å². The molecular formula is C22H22F2N2O4. The molecule has 0 saturated carbocycles. The number of aryl methyl sites for hydroxylation is 1. The number of nitrogens with one attached hydrogen (secondary N) is 1. The van der Waals surface area contributed by atoms with Gasteiger partial charge < -0.3 is 15.0 Å². The van der Waals surface area contributed by atoms with E-state index in [0.717, 1.165) is 23.3 Å². The van der Waals surface area contributed by atoms with Crippen LogP contribution < -0.4 is 10.2 Å². The van der Waals surface area contributed by atoms with Gasteiger partial charge in [-0.3, -0.25) is 14.4 Å². The molecular weight excluding hydrogens is 394 g/mol. The largest absolute Gasteiger partial charge is 0.469 e. The highest BCUT2D eigenvalue weighted by Gasteiger charge is 2.36. The van der Waals surface area contributed by atoms with Gasteiger partial charge in [-0.05, 0) is 24.6 Å². The molecule has 2 atom stereocenters. The second-order valence-electron chi connectivity index (χ2n) is 7.29. The number of benzene rings is 2. The highest BCUT2D eigenvalue weighted by Crippen LogP contribution is 2.28. The molecule has 0 aliphatic carbocycles. The summed E-state index contributed by atoms with van der Waals surface area (Å²) in [6.45, 7) is 1.91. The Morgan fingerprint density at radius 3 is 2.40 bits per heavy atom. The Labute approximate surface area is 172 Å². The highest BCUT2D eigenvalue weighted by molar-refractivity contribution is 6.00. The average molecular weight is 416 g/mol. The molecule has 0 radical (unpaired) electrons. The number of esters is 1. The summed E-state index contributed by atoms with van der Waals surface area (Å²) in [7, 11) is 1.27. The molecule has 2 aromatic carbocycles. The first-order valence-electron chi connectivity index (χ1n) is 9.47. The van der Waals surface area contributed by atoms with Crippen molar-refractivity contribution in [3.63, 3.8) is 0 Å². The Hall–Kier alpha value is -3.29. The van der Waals surface area contributed by atoms with Crippen molar-refractivity contribution in [1.29, 1.82) is 0 Å². The van der Waals surface area contributed by atoms with Gasteiger partial charge in [-0.1, -0.05) is 29.8 Å². The third-order valence-corrected chi connectivity index (χ3v) is 5.05. The number of anilines is 1.